The lowest BCUT2D eigenvalue weighted by Crippen LogP contribution is -2.16. The summed E-state index contributed by atoms with van der Waals surface area (Å²) in [7, 11) is 0. The van der Waals surface area contributed by atoms with E-state index < -0.39 is 0 Å². The van der Waals surface area contributed by atoms with Gasteiger partial charge in [0.1, 0.15) is 0 Å². The lowest BCUT2D eigenvalue weighted by atomic mass is 9.91. The number of aromatic nitrogens is 2. The van der Waals surface area contributed by atoms with Crippen LogP contribution in [0.2, 0.25) is 0 Å². The van der Waals surface area contributed by atoms with Crippen molar-refractivity contribution in [3.8, 4) is 0 Å². The topological polar surface area (TPSA) is 56.3 Å². The van der Waals surface area contributed by atoms with E-state index in [4.69, 9.17) is 9.98 Å². The molecule has 2 aromatic rings. The summed E-state index contributed by atoms with van der Waals surface area (Å²) in [5, 5.41) is 0. The summed E-state index contributed by atoms with van der Waals surface area (Å²) in [5.41, 5.74) is 20.1. The van der Waals surface area contributed by atoms with Gasteiger partial charge in [0.2, 0.25) is 0 Å². The Morgan fingerprint density at radius 1 is 0.500 bits per heavy atom. The van der Waals surface area contributed by atoms with Crippen LogP contribution in [0.1, 0.15) is 112 Å². The van der Waals surface area contributed by atoms with Crippen LogP contribution in [0.15, 0.2) is 43.7 Å². The summed E-state index contributed by atoms with van der Waals surface area (Å²) in [6, 6.07) is 0. The van der Waals surface area contributed by atoms with Crippen molar-refractivity contribution in [2.45, 2.75) is 108 Å². The second-order valence-electron chi connectivity index (χ2n) is 10.5. The molecule has 4 heteroatoms. The summed E-state index contributed by atoms with van der Waals surface area (Å²) < 4.78 is 0. The van der Waals surface area contributed by atoms with Crippen molar-refractivity contribution in [1.82, 2.24) is 9.97 Å². The maximum atomic E-state index is 5.34. The predicted molar refractivity (Wildman–Crippen MR) is 165 cm³/mol. The zero-order valence-electron chi connectivity index (χ0n) is 25.3. The molecular formula is C34H46N4. The number of hydrogen-bond acceptors (Lipinski definition) is 2. The standard InChI is InChI=1S/C34H46N4/c1-11-23-22(10)36-30(24(23)12-2)18-32-26(14-4)28(16-6)34(38-32)33-27(15-5)25(13-3)31(37-33)17-29-20(8)19(7)21(9)35-29/h17-18,35-36H,11-16H2,1-10H3/b31-17-,32-18-. The van der Waals surface area contributed by atoms with E-state index in [0.29, 0.717) is 0 Å². The minimum Gasteiger partial charge on any atom is -0.359 e. The van der Waals surface area contributed by atoms with Gasteiger partial charge in [0.25, 0.3) is 0 Å². The van der Waals surface area contributed by atoms with Gasteiger partial charge in [-0.1, -0.05) is 41.5 Å². The molecule has 0 spiro atoms. The molecule has 2 aliphatic rings. The zero-order valence-corrected chi connectivity index (χ0v) is 25.3. The molecule has 2 aromatic heterocycles. The molecule has 0 aromatic carbocycles. The van der Waals surface area contributed by atoms with Gasteiger partial charge < -0.3 is 9.97 Å². The van der Waals surface area contributed by atoms with Crippen LogP contribution in [-0.4, -0.2) is 21.4 Å². The monoisotopic (exact) mass is 510 g/mol. The van der Waals surface area contributed by atoms with Gasteiger partial charge in [-0.15, -0.1) is 0 Å². The second-order valence-corrected chi connectivity index (χ2v) is 10.5. The first kappa shape index (κ1) is 27.9. The highest BCUT2D eigenvalue weighted by Crippen LogP contribution is 2.39. The highest BCUT2D eigenvalue weighted by atomic mass is 14.9. The Hall–Kier alpha value is -3.14. The largest absolute Gasteiger partial charge is 0.359 e. The summed E-state index contributed by atoms with van der Waals surface area (Å²) in [6.07, 6.45) is 10.4. The Morgan fingerprint density at radius 2 is 0.947 bits per heavy atom. The van der Waals surface area contributed by atoms with Crippen LogP contribution in [-0.2, 0) is 12.8 Å². The lowest BCUT2D eigenvalue weighted by molar-refractivity contribution is 1.04. The number of nitrogens with one attached hydrogen (secondary N) is 2. The van der Waals surface area contributed by atoms with E-state index >= 15 is 0 Å². The third kappa shape index (κ3) is 4.63. The molecule has 4 rings (SSSR count). The second kappa shape index (κ2) is 11.3. The first-order valence-corrected chi connectivity index (χ1v) is 14.7. The van der Waals surface area contributed by atoms with Crippen molar-refractivity contribution >= 4 is 23.6 Å². The number of hydrogen-bond donors (Lipinski definition) is 2. The van der Waals surface area contributed by atoms with Crippen molar-refractivity contribution < 1.29 is 0 Å². The van der Waals surface area contributed by atoms with E-state index in [2.05, 4.69) is 91.4 Å². The highest BCUT2D eigenvalue weighted by molar-refractivity contribution is 6.55. The van der Waals surface area contributed by atoms with Gasteiger partial charge in [-0.3, -0.25) is 0 Å². The van der Waals surface area contributed by atoms with Gasteiger partial charge in [0, 0.05) is 22.8 Å². The van der Waals surface area contributed by atoms with E-state index in [0.717, 1.165) is 67.0 Å². The van der Waals surface area contributed by atoms with Crippen LogP contribution in [0.3, 0.4) is 0 Å². The van der Waals surface area contributed by atoms with Crippen molar-refractivity contribution in [2.75, 3.05) is 0 Å². The lowest BCUT2D eigenvalue weighted by Gasteiger charge is -2.10. The molecule has 0 bridgehead atoms. The first-order chi connectivity index (χ1) is 18.2. The fraction of sp³-hybridized carbons (Fsp3) is 0.471. The van der Waals surface area contributed by atoms with Crippen LogP contribution in [0.5, 0.6) is 0 Å². The van der Waals surface area contributed by atoms with E-state index in [1.165, 1.54) is 61.6 Å². The van der Waals surface area contributed by atoms with Crippen molar-refractivity contribution in [2.24, 2.45) is 9.98 Å². The number of H-pyrrole nitrogens is 2. The minimum absolute atomic E-state index is 0.952. The molecule has 0 fully saturated rings. The number of allylic oxidation sites excluding steroid dienone is 4. The number of aryl methyl sites for hydroxylation is 2. The van der Waals surface area contributed by atoms with E-state index in [1.807, 2.05) is 0 Å². The molecular weight excluding hydrogens is 464 g/mol. The number of nitrogens with zero attached hydrogens (tertiary/aromatic N) is 2. The number of aliphatic imine (C=N–C) groups is 2. The predicted octanol–water partition coefficient (Wildman–Crippen LogP) is 9.23. The normalized spacial score (nSPS) is 18.1. The molecule has 0 aliphatic carbocycles. The number of rotatable bonds is 9. The summed E-state index contributed by atoms with van der Waals surface area (Å²) in [4.78, 5) is 17.9. The van der Waals surface area contributed by atoms with Crippen LogP contribution in [0.4, 0.5) is 0 Å². The van der Waals surface area contributed by atoms with E-state index in [1.54, 1.807) is 0 Å². The molecule has 0 amide bonds. The maximum Gasteiger partial charge on any atom is 0.0932 e. The molecule has 0 saturated carbocycles. The smallest absolute Gasteiger partial charge is 0.0932 e. The van der Waals surface area contributed by atoms with Gasteiger partial charge in [-0.2, -0.15) is 0 Å². The van der Waals surface area contributed by atoms with Crippen LogP contribution in [0.25, 0.3) is 12.2 Å². The van der Waals surface area contributed by atoms with Gasteiger partial charge in [-0.05, 0) is 123 Å². The molecule has 0 radical (unpaired) electrons. The third-order valence-corrected chi connectivity index (χ3v) is 8.61. The first-order valence-electron chi connectivity index (χ1n) is 14.7. The maximum absolute atomic E-state index is 5.34. The van der Waals surface area contributed by atoms with Crippen molar-refractivity contribution in [3.05, 3.63) is 78.7 Å². The molecule has 0 atom stereocenters. The van der Waals surface area contributed by atoms with Crippen LogP contribution in [0, 0.1) is 27.7 Å². The molecule has 2 aliphatic heterocycles. The molecule has 202 valence electrons. The van der Waals surface area contributed by atoms with Gasteiger partial charge in [0.15, 0.2) is 0 Å². The van der Waals surface area contributed by atoms with Gasteiger partial charge in [0.05, 0.1) is 22.8 Å². The van der Waals surface area contributed by atoms with Gasteiger partial charge in [-0.25, -0.2) is 9.98 Å². The Labute approximate surface area is 229 Å². The van der Waals surface area contributed by atoms with Gasteiger partial charge >= 0.3 is 0 Å². The summed E-state index contributed by atoms with van der Waals surface area (Å²) in [5.74, 6) is 0. The zero-order chi connectivity index (χ0) is 27.7. The Balaban J connectivity index is 1.88. The SMILES string of the molecule is CCC1=C(CC)/C(=C/c2[nH]c(C)c(C)c2C)N=C1C1=N/C(=C\c2[nH]c(C)c(CC)c2CC)C(CC)=C1CC. The molecule has 38 heavy (non-hydrogen) atoms. The van der Waals surface area contributed by atoms with Crippen LogP contribution >= 0.6 is 0 Å². The Bertz CT molecular complexity index is 1440. The average Bonchev–Trinajstić information content (AvgIpc) is 3.61. The molecule has 2 N–H and O–H groups in total. The fourth-order valence-electron chi connectivity index (χ4n) is 6.32. The Kier molecular flexibility index (Phi) is 8.30. The summed E-state index contributed by atoms with van der Waals surface area (Å²) >= 11 is 0. The highest BCUT2D eigenvalue weighted by Gasteiger charge is 2.31. The van der Waals surface area contributed by atoms with Crippen molar-refractivity contribution in [1.29, 1.82) is 0 Å². The third-order valence-electron chi connectivity index (χ3n) is 8.61. The van der Waals surface area contributed by atoms with Crippen LogP contribution < -0.4 is 0 Å². The quantitative estimate of drug-likeness (QED) is 0.338. The molecule has 4 nitrogen and oxygen atoms in total. The Morgan fingerprint density at radius 3 is 1.34 bits per heavy atom. The average molecular weight is 511 g/mol. The fourth-order valence-corrected chi connectivity index (χ4v) is 6.32. The minimum atomic E-state index is 0.952. The number of aromatic amines is 2. The van der Waals surface area contributed by atoms with Crippen molar-refractivity contribution in [3.63, 3.8) is 0 Å². The van der Waals surface area contributed by atoms with E-state index in [9.17, 15) is 0 Å². The molecule has 4 heterocycles. The summed E-state index contributed by atoms with van der Waals surface area (Å²) in [6.45, 7) is 22.2. The van der Waals surface area contributed by atoms with E-state index in [-0.39, 0.29) is 0 Å². The molecule has 0 unspecified atom stereocenters. The molecule has 0 saturated heterocycles.